The van der Waals surface area contributed by atoms with E-state index in [-0.39, 0.29) is 16.3 Å². The van der Waals surface area contributed by atoms with Gasteiger partial charge in [0.05, 0.1) is 27.3 Å². The third kappa shape index (κ3) is 4.39. The number of nitro benzene ring substituents is 1. The van der Waals surface area contributed by atoms with Gasteiger partial charge in [0.25, 0.3) is 11.6 Å². The highest BCUT2D eigenvalue weighted by molar-refractivity contribution is 6.36. The van der Waals surface area contributed by atoms with Gasteiger partial charge >= 0.3 is 0 Å². The number of nitrogens with zero attached hydrogens (tertiary/aromatic N) is 2. The van der Waals surface area contributed by atoms with Crippen molar-refractivity contribution in [1.82, 2.24) is 5.43 Å². The monoisotopic (exact) mass is 417 g/mol. The molecule has 0 aliphatic heterocycles. The molecule has 1 N–H and O–H groups in total. The van der Waals surface area contributed by atoms with Crippen molar-refractivity contribution >= 4 is 41.0 Å². The Bertz CT molecular complexity index is 1090. The second-order valence-corrected chi connectivity index (χ2v) is 6.65. The van der Waals surface area contributed by atoms with Crippen molar-refractivity contribution in [3.8, 4) is 11.3 Å². The van der Waals surface area contributed by atoms with Gasteiger partial charge < -0.3 is 4.42 Å². The summed E-state index contributed by atoms with van der Waals surface area (Å²) in [7, 11) is 0. The predicted molar refractivity (Wildman–Crippen MR) is 107 cm³/mol. The van der Waals surface area contributed by atoms with Crippen LogP contribution in [0.1, 0.15) is 21.7 Å². The molecule has 0 saturated carbocycles. The number of rotatable bonds is 5. The van der Waals surface area contributed by atoms with Gasteiger partial charge in [-0.25, -0.2) is 5.43 Å². The van der Waals surface area contributed by atoms with E-state index < -0.39 is 10.8 Å². The minimum absolute atomic E-state index is 0.0523. The van der Waals surface area contributed by atoms with E-state index in [1.165, 1.54) is 24.4 Å². The Morgan fingerprint density at radius 3 is 2.68 bits per heavy atom. The zero-order valence-electron chi connectivity index (χ0n) is 14.5. The number of benzene rings is 2. The molecule has 0 aliphatic rings. The first-order chi connectivity index (χ1) is 13.3. The lowest BCUT2D eigenvalue weighted by Crippen LogP contribution is -2.17. The lowest BCUT2D eigenvalue weighted by atomic mass is 10.1. The van der Waals surface area contributed by atoms with Crippen LogP contribution in [0.15, 0.2) is 58.0 Å². The maximum Gasteiger partial charge on any atom is 0.280 e. The molecule has 3 aromatic rings. The zero-order valence-corrected chi connectivity index (χ0v) is 16.0. The fourth-order valence-electron chi connectivity index (χ4n) is 2.46. The first-order valence-corrected chi connectivity index (χ1v) is 8.74. The van der Waals surface area contributed by atoms with Crippen LogP contribution in [0.4, 0.5) is 5.69 Å². The molecule has 7 nitrogen and oxygen atoms in total. The fraction of sp³-hybridized carbons (Fsp3) is 0.0526. The number of amides is 1. The number of furan rings is 1. The van der Waals surface area contributed by atoms with Gasteiger partial charge in [0, 0.05) is 11.1 Å². The summed E-state index contributed by atoms with van der Waals surface area (Å²) >= 11 is 11.8. The number of carbonyl (C=O) groups is 1. The average molecular weight is 418 g/mol. The van der Waals surface area contributed by atoms with Gasteiger partial charge in [-0.1, -0.05) is 29.3 Å². The number of halogens is 2. The summed E-state index contributed by atoms with van der Waals surface area (Å²) in [6.45, 7) is 1.77. The maximum absolute atomic E-state index is 12.1. The average Bonchev–Trinajstić information content (AvgIpc) is 3.10. The smallest absolute Gasteiger partial charge is 0.280 e. The second kappa shape index (κ2) is 8.24. The Labute approximate surface area is 169 Å². The van der Waals surface area contributed by atoms with Crippen LogP contribution < -0.4 is 5.43 Å². The van der Waals surface area contributed by atoms with Crippen LogP contribution in [0.3, 0.4) is 0 Å². The summed E-state index contributed by atoms with van der Waals surface area (Å²) in [4.78, 5) is 22.9. The van der Waals surface area contributed by atoms with Crippen molar-refractivity contribution in [3.05, 3.63) is 85.6 Å². The first kappa shape index (κ1) is 19.6. The first-order valence-electron chi connectivity index (χ1n) is 7.99. The van der Waals surface area contributed by atoms with Crippen molar-refractivity contribution in [2.24, 2.45) is 5.10 Å². The maximum atomic E-state index is 12.1. The van der Waals surface area contributed by atoms with Crippen LogP contribution in [0.2, 0.25) is 10.0 Å². The Morgan fingerprint density at radius 2 is 1.96 bits per heavy atom. The van der Waals surface area contributed by atoms with E-state index in [1.807, 2.05) is 0 Å². The number of hydrogen-bond donors (Lipinski definition) is 1. The van der Waals surface area contributed by atoms with E-state index in [4.69, 9.17) is 27.6 Å². The number of carbonyl (C=O) groups excluding carboxylic acids is 1. The van der Waals surface area contributed by atoms with Crippen LogP contribution in [-0.4, -0.2) is 17.0 Å². The molecule has 0 radical (unpaired) electrons. The number of aryl methyl sites for hydroxylation is 1. The molecule has 0 bridgehead atoms. The van der Waals surface area contributed by atoms with Crippen LogP contribution in [0.25, 0.3) is 11.3 Å². The fourth-order valence-corrected chi connectivity index (χ4v) is 2.95. The van der Waals surface area contributed by atoms with Gasteiger partial charge in [-0.05, 0) is 48.9 Å². The molecular formula is C19H13Cl2N3O4. The van der Waals surface area contributed by atoms with Gasteiger partial charge in [0.1, 0.15) is 11.5 Å². The molecule has 1 aromatic heterocycles. The zero-order chi connectivity index (χ0) is 20.3. The molecule has 2 aromatic carbocycles. The van der Waals surface area contributed by atoms with Crippen molar-refractivity contribution in [1.29, 1.82) is 0 Å². The third-order valence-electron chi connectivity index (χ3n) is 3.78. The molecular weight excluding hydrogens is 405 g/mol. The Kier molecular flexibility index (Phi) is 5.77. The molecule has 3 rings (SSSR count). The van der Waals surface area contributed by atoms with Crippen LogP contribution >= 0.6 is 23.2 Å². The molecule has 0 unspecified atom stereocenters. The Balaban J connectivity index is 1.75. The quantitative estimate of drug-likeness (QED) is 0.348. The van der Waals surface area contributed by atoms with Crippen LogP contribution in [0.5, 0.6) is 0 Å². The molecule has 9 heteroatoms. The Hall–Kier alpha value is -3.16. The predicted octanol–water partition coefficient (Wildman–Crippen LogP) is 5.23. The molecule has 142 valence electrons. The van der Waals surface area contributed by atoms with Crippen molar-refractivity contribution in [2.45, 2.75) is 6.92 Å². The second-order valence-electron chi connectivity index (χ2n) is 5.80. The molecule has 1 amide bonds. The topological polar surface area (TPSA) is 97.7 Å². The van der Waals surface area contributed by atoms with E-state index in [0.29, 0.717) is 22.1 Å². The minimum Gasteiger partial charge on any atom is -0.455 e. The summed E-state index contributed by atoms with van der Waals surface area (Å²) in [5.41, 5.74) is 3.62. The summed E-state index contributed by atoms with van der Waals surface area (Å²) in [5.74, 6) is 0.117. The van der Waals surface area contributed by atoms with E-state index in [0.717, 1.165) is 5.56 Å². The van der Waals surface area contributed by atoms with Gasteiger partial charge in [-0.2, -0.15) is 5.10 Å². The lowest BCUT2D eigenvalue weighted by Gasteiger charge is -2.02. The molecule has 0 atom stereocenters. The van der Waals surface area contributed by atoms with Gasteiger partial charge in [-0.15, -0.1) is 0 Å². The molecule has 0 aliphatic carbocycles. The summed E-state index contributed by atoms with van der Waals surface area (Å²) in [5, 5.41) is 15.7. The SMILES string of the molecule is Cc1ccc(-c2ccc(/C=N\NC(=O)c3ccc(Cl)cc3Cl)o2)c([N+](=O)[O-])c1. The summed E-state index contributed by atoms with van der Waals surface area (Å²) in [6, 6.07) is 12.5. The highest BCUT2D eigenvalue weighted by atomic mass is 35.5. The lowest BCUT2D eigenvalue weighted by molar-refractivity contribution is -0.384. The number of hydrazone groups is 1. The molecule has 1 heterocycles. The summed E-state index contributed by atoms with van der Waals surface area (Å²) in [6.07, 6.45) is 1.28. The van der Waals surface area contributed by atoms with E-state index in [9.17, 15) is 14.9 Å². The largest absolute Gasteiger partial charge is 0.455 e. The normalized spacial score (nSPS) is 11.0. The van der Waals surface area contributed by atoms with E-state index >= 15 is 0 Å². The highest BCUT2D eigenvalue weighted by Crippen LogP contribution is 2.31. The van der Waals surface area contributed by atoms with E-state index in [1.54, 1.807) is 37.3 Å². The minimum atomic E-state index is -0.515. The third-order valence-corrected chi connectivity index (χ3v) is 4.32. The Morgan fingerprint density at radius 1 is 1.18 bits per heavy atom. The molecule has 0 saturated heterocycles. The van der Waals surface area contributed by atoms with Crippen LogP contribution in [-0.2, 0) is 0 Å². The standard InChI is InChI=1S/C19H13Cl2N3O4/c1-11-2-5-15(17(8-11)24(26)27)18-7-4-13(28-18)10-22-23-19(25)14-6-3-12(20)9-16(14)21/h2-10H,1H3,(H,23,25)/b22-10-. The number of nitrogens with one attached hydrogen (secondary N) is 1. The number of nitro groups is 1. The van der Waals surface area contributed by atoms with E-state index in [2.05, 4.69) is 10.5 Å². The van der Waals surface area contributed by atoms with Gasteiger partial charge in [-0.3, -0.25) is 14.9 Å². The van der Waals surface area contributed by atoms with Crippen molar-refractivity contribution in [2.75, 3.05) is 0 Å². The van der Waals surface area contributed by atoms with Crippen molar-refractivity contribution < 1.29 is 14.1 Å². The van der Waals surface area contributed by atoms with Crippen molar-refractivity contribution in [3.63, 3.8) is 0 Å². The summed E-state index contributed by atoms with van der Waals surface area (Å²) < 4.78 is 5.58. The highest BCUT2D eigenvalue weighted by Gasteiger charge is 2.18. The van der Waals surface area contributed by atoms with Gasteiger partial charge in [0.2, 0.25) is 0 Å². The van der Waals surface area contributed by atoms with Gasteiger partial charge in [0.15, 0.2) is 0 Å². The van der Waals surface area contributed by atoms with Crippen LogP contribution in [0, 0.1) is 17.0 Å². The molecule has 0 fully saturated rings. The molecule has 28 heavy (non-hydrogen) atoms. The number of hydrogen-bond acceptors (Lipinski definition) is 5. The molecule has 0 spiro atoms.